The number of anilines is 2. The van der Waals surface area contributed by atoms with Gasteiger partial charge in [-0.25, -0.2) is 4.79 Å². The number of carbonyl (C=O) groups is 2. The molecule has 2 aromatic rings. The normalized spacial score (nSPS) is 16.6. The molecule has 27 heavy (non-hydrogen) atoms. The molecule has 1 unspecified atom stereocenters. The number of β-amino-alcohol motifs (C(OH)–C–C–N with tert-alkyl or cyclic N) is 1. The highest BCUT2D eigenvalue weighted by atomic mass is 16.5. The predicted octanol–water partition coefficient (Wildman–Crippen LogP) is 2.79. The van der Waals surface area contributed by atoms with Crippen LogP contribution in [0.2, 0.25) is 0 Å². The van der Waals surface area contributed by atoms with E-state index in [1.54, 1.807) is 35.2 Å². The van der Waals surface area contributed by atoms with E-state index in [-0.39, 0.29) is 25.0 Å². The number of amides is 3. The fourth-order valence-electron chi connectivity index (χ4n) is 2.99. The third kappa shape index (κ3) is 4.57. The summed E-state index contributed by atoms with van der Waals surface area (Å²) in [5.41, 5.74) is 1.45. The monoisotopic (exact) mass is 369 g/mol. The predicted molar refractivity (Wildman–Crippen MR) is 103 cm³/mol. The first-order valence-corrected chi connectivity index (χ1v) is 8.87. The molecule has 1 aliphatic rings. The molecule has 1 heterocycles. The molecule has 0 aromatic heterocycles. The van der Waals surface area contributed by atoms with Crippen LogP contribution in [0.15, 0.2) is 48.5 Å². The van der Waals surface area contributed by atoms with Crippen molar-refractivity contribution in [1.82, 2.24) is 4.90 Å². The van der Waals surface area contributed by atoms with Crippen LogP contribution in [0.5, 0.6) is 5.75 Å². The van der Waals surface area contributed by atoms with Gasteiger partial charge in [-0.1, -0.05) is 31.2 Å². The van der Waals surface area contributed by atoms with Crippen molar-refractivity contribution in [3.05, 3.63) is 54.1 Å². The lowest BCUT2D eigenvalue weighted by atomic mass is 10.1. The molecule has 7 nitrogen and oxygen atoms in total. The Bertz CT molecular complexity index is 810. The highest BCUT2D eigenvalue weighted by Gasteiger charge is 2.26. The molecule has 0 spiro atoms. The highest BCUT2D eigenvalue weighted by Crippen LogP contribution is 2.32. The summed E-state index contributed by atoms with van der Waals surface area (Å²) in [5, 5.41) is 14.7. The van der Waals surface area contributed by atoms with Crippen LogP contribution in [0.25, 0.3) is 0 Å². The first kappa shape index (κ1) is 18.7. The van der Waals surface area contributed by atoms with E-state index >= 15 is 0 Å². The molecule has 0 saturated heterocycles. The second kappa shape index (κ2) is 8.55. The molecule has 7 heteroatoms. The average Bonchev–Trinajstić information content (AvgIpc) is 2.66. The Morgan fingerprint density at radius 2 is 1.96 bits per heavy atom. The molecule has 0 saturated carbocycles. The molecule has 3 amide bonds. The summed E-state index contributed by atoms with van der Waals surface area (Å²) < 4.78 is 5.87. The lowest BCUT2D eigenvalue weighted by Gasteiger charge is -2.30. The standard InChI is InChI=1S/C20H23N3O4/c1-14-12-23(10-11-24)19(25)16-8-5-9-17(18(16)27-13-14)22-20(26)21-15-6-3-2-4-7-15/h2-9,14,24H,10-13H2,1H3,(H2,21,22,26). The number of nitrogens with zero attached hydrogens (tertiary/aromatic N) is 1. The van der Waals surface area contributed by atoms with E-state index in [1.165, 1.54) is 0 Å². The number of fused-ring (bicyclic) bond motifs is 1. The summed E-state index contributed by atoms with van der Waals surface area (Å²) in [5.74, 6) is 0.220. The van der Waals surface area contributed by atoms with Gasteiger partial charge >= 0.3 is 6.03 Å². The van der Waals surface area contributed by atoms with Gasteiger partial charge in [-0.15, -0.1) is 0 Å². The minimum Gasteiger partial charge on any atom is -0.490 e. The highest BCUT2D eigenvalue weighted by molar-refractivity contribution is 6.04. The van der Waals surface area contributed by atoms with Crippen LogP contribution in [-0.4, -0.2) is 48.2 Å². The van der Waals surface area contributed by atoms with E-state index in [9.17, 15) is 14.7 Å². The van der Waals surface area contributed by atoms with Gasteiger partial charge in [0.1, 0.15) is 0 Å². The number of hydrogen-bond acceptors (Lipinski definition) is 4. The van der Waals surface area contributed by atoms with Gasteiger partial charge in [0.15, 0.2) is 5.75 Å². The van der Waals surface area contributed by atoms with Gasteiger partial charge in [-0.2, -0.15) is 0 Å². The van der Waals surface area contributed by atoms with Gasteiger partial charge in [-0.3, -0.25) is 4.79 Å². The molecule has 3 N–H and O–H groups in total. The van der Waals surface area contributed by atoms with Crippen molar-refractivity contribution in [1.29, 1.82) is 0 Å². The molecule has 0 fully saturated rings. The molecular weight excluding hydrogens is 346 g/mol. The second-order valence-corrected chi connectivity index (χ2v) is 6.52. The van der Waals surface area contributed by atoms with Gasteiger partial charge in [-0.05, 0) is 24.3 Å². The van der Waals surface area contributed by atoms with Gasteiger partial charge in [0, 0.05) is 24.7 Å². The number of urea groups is 1. The largest absolute Gasteiger partial charge is 0.490 e. The van der Waals surface area contributed by atoms with Gasteiger partial charge in [0.25, 0.3) is 5.91 Å². The fourth-order valence-corrected chi connectivity index (χ4v) is 2.99. The summed E-state index contributed by atoms with van der Waals surface area (Å²) in [6.45, 7) is 3.04. The van der Waals surface area contributed by atoms with Crippen molar-refractivity contribution < 1.29 is 19.4 Å². The van der Waals surface area contributed by atoms with Gasteiger partial charge in [0.05, 0.1) is 24.5 Å². The maximum atomic E-state index is 12.9. The lowest BCUT2D eigenvalue weighted by molar-refractivity contribution is 0.0645. The first-order valence-electron chi connectivity index (χ1n) is 8.87. The van der Waals surface area contributed by atoms with Crippen LogP contribution in [0, 0.1) is 5.92 Å². The van der Waals surface area contributed by atoms with E-state index in [4.69, 9.17) is 4.74 Å². The van der Waals surface area contributed by atoms with Crippen LogP contribution >= 0.6 is 0 Å². The Kier molecular flexibility index (Phi) is 5.93. The van der Waals surface area contributed by atoms with Crippen LogP contribution in [-0.2, 0) is 0 Å². The van der Waals surface area contributed by atoms with Crippen LogP contribution in [0.4, 0.5) is 16.2 Å². The number of hydrogen-bond donors (Lipinski definition) is 3. The van der Waals surface area contributed by atoms with Crippen molar-refractivity contribution in [2.45, 2.75) is 6.92 Å². The summed E-state index contributed by atoms with van der Waals surface area (Å²) in [6, 6.07) is 13.7. The second-order valence-electron chi connectivity index (χ2n) is 6.52. The quantitative estimate of drug-likeness (QED) is 0.773. The zero-order valence-corrected chi connectivity index (χ0v) is 15.1. The molecule has 0 bridgehead atoms. The van der Waals surface area contributed by atoms with Crippen LogP contribution in [0.1, 0.15) is 17.3 Å². The Morgan fingerprint density at radius 1 is 1.19 bits per heavy atom. The van der Waals surface area contributed by atoms with Crippen molar-refractivity contribution in [3.8, 4) is 5.75 Å². The summed E-state index contributed by atoms with van der Waals surface area (Å²) in [7, 11) is 0. The Hall–Kier alpha value is -3.06. The number of carbonyl (C=O) groups excluding carboxylic acids is 2. The molecule has 3 rings (SSSR count). The average molecular weight is 369 g/mol. The Balaban J connectivity index is 1.84. The van der Waals surface area contributed by atoms with E-state index in [0.29, 0.717) is 35.8 Å². The van der Waals surface area contributed by atoms with E-state index < -0.39 is 6.03 Å². The van der Waals surface area contributed by atoms with Crippen molar-refractivity contribution in [2.75, 3.05) is 36.9 Å². The van der Waals surface area contributed by atoms with Gasteiger partial charge in [0.2, 0.25) is 0 Å². The SMILES string of the molecule is CC1COc2c(NC(=O)Nc3ccccc3)cccc2C(=O)N(CCO)C1. The van der Waals surface area contributed by atoms with E-state index in [2.05, 4.69) is 10.6 Å². The minimum absolute atomic E-state index is 0.0971. The lowest BCUT2D eigenvalue weighted by Crippen LogP contribution is -2.40. The maximum absolute atomic E-state index is 12.9. The van der Waals surface area contributed by atoms with Gasteiger partial charge < -0.3 is 25.4 Å². The van der Waals surface area contributed by atoms with Crippen molar-refractivity contribution in [3.63, 3.8) is 0 Å². The smallest absolute Gasteiger partial charge is 0.323 e. The number of ether oxygens (including phenoxy) is 1. The number of nitrogens with one attached hydrogen (secondary N) is 2. The maximum Gasteiger partial charge on any atom is 0.323 e. The zero-order valence-electron chi connectivity index (χ0n) is 15.1. The first-order chi connectivity index (χ1) is 13.1. The molecule has 1 aliphatic heterocycles. The molecule has 1 atom stereocenters. The third-order valence-electron chi connectivity index (χ3n) is 4.23. The van der Waals surface area contributed by atoms with Crippen molar-refractivity contribution >= 4 is 23.3 Å². The number of rotatable bonds is 4. The zero-order chi connectivity index (χ0) is 19.2. The number of aliphatic hydroxyl groups excluding tert-OH is 1. The Morgan fingerprint density at radius 3 is 2.70 bits per heavy atom. The van der Waals surface area contributed by atoms with Crippen LogP contribution in [0.3, 0.4) is 0 Å². The number of para-hydroxylation sites is 2. The summed E-state index contributed by atoms with van der Waals surface area (Å²) in [6.07, 6.45) is 0. The number of benzene rings is 2. The van der Waals surface area contributed by atoms with E-state index in [0.717, 1.165) is 0 Å². The minimum atomic E-state index is -0.423. The molecule has 0 radical (unpaired) electrons. The fraction of sp³-hybridized carbons (Fsp3) is 0.300. The number of aliphatic hydroxyl groups is 1. The topological polar surface area (TPSA) is 90.9 Å². The summed E-state index contributed by atoms with van der Waals surface area (Å²) >= 11 is 0. The molecule has 2 aromatic carbocycles. The third-order valence-corrected chi connectivity index (χ3v) is 4.23. The molecule has 0 aliphatic carbocycles. The summed E-state index contributed by atoms with van der Waals surface area (Å²) in [4.78, 5) is 26.8. The van der Waals surface area contributed by atoms with E-state index in [1.807, 2.05) is 25.1 Å². The molecular formula is C20H23N3O4. The van der Waals surface area contributed by atoms with Crippen LogP contribution < -0.4 is 15.4 Å². The Labute approximate surface area is 157 Å². The molecule has 142 valence electrons. The van der Waals surface area contributed by atoms with Crippen molar-refractivity contribution in [2.24, 2.45) is 5.92 Å².